The van der Waals surface area contributed by atoms with Crippen molar-refractivity contribution in [1.29, 1.82) is 0 Å². The van der Waals surface area contributed by atoms with Crippen LogP contribution >= 0.6 is 11.6 Å². The quantitative estimate of drug-likeness (QED) is 0.607. The first kappa shape index (κ1) is 20.3. The van der Waals surface area contributed by atoms with Crippen molar-refractivity contribution >= 4 is 23.6 Å². The Bertz CT molecular complexity index is 635. The first-order valence-corrected chi connectivity index (χ1v) is 9.13. The van der Waals surface area contributed by atoms with Crippen LogP contribution in [0.4, 0.5) is 4.79 Å². The van der Waals surface area contributed by atoms with Crippen LogP contribution in [0.3, 0.4) is 0 Å². The van der Waals surface area contributed by atoms with E-state index in [1.807, 2.05) is 24.0 Å². The minimum absolute atomic E-state index is 0.0463. The van der Waals surface area contributed by atoms with Crippen molar-refractivity contribution < 1.29 is 19.4 Å². The average Bonchev–Trinajstić information content (AvgIpc) is 2.57. The van der Waals surface area contributed by atoms with Crippen LogP contribution in [-0.2, 0) is 11.2 Å². The van der Waals surface area contributed by atoms with Gasteiger partial charge >= 0.3 is 12.0 Å². The van der Waals surface area contributed by atoms with Gasteiger partial charge in [0.2, 0.25) is 0 Å². The second-order valence-electron chi connectivity index (χ2n) is 6.40. The van der Waals surface area contributed by atoms with E-state index in [-0.39, 0.29) is 24.7 Å². The second-order valence-corrected chi connectivity index (χ2v) is 6.81. The molecule has 7 nitrogen and oxygen atoms in total. The molecule has 26 heavy (non-hydrogen) atoms. The molecule has 0 aromatic heterocycles. The Morgan fingerprint density at radius 3 is 2.73 bits per heavy atom. The fourth-order valence-electron chi connectivity index (χ4n) is 3.09. The van der Waals surface area contributed by atoms with Crippen LogP contribution in [0.25, 0.3) is 0 Å². The number of likely N-dealkylation sites (N-methyl/N-ethyl adjacent to an activating group) is 1. The highest BCUT2D eigenvalue weighted by Crippen LogP contribution is 2.26. The first-order chi connectivity index (χ1) is 12.4. The average molecular weight is 384 g/mol. The number of rotatable bonds is 9. The van der Waals surface area contributed by atoms with Crippen molar-refractivity contribution in [3.8, 4) is 5.75 Å². The number of urea groups is 1. The van der Waals surface area contributed by atoms with E-state index in [2.05, 4.69) is 10.6 Å². The molecule has 0 heterocycles. The molecule has 1 aliphatic rings. The molecule has 1 aromatic rings. The van der Waals surface area contributed by atoms with E-state index in [4.69, 9.17) is 21.4 Å². The number of benzene rings is 1. The predicted octanol–water partition coefficient (Wildman–Crippen LogP) is 2.13. The maximum atomic E-state index is 12.0. The number of carbonyl (C=O) groups is 2. The first-order valence-electron chi connectivity index (χ1n) is 8.75. The standard InChI is InChI=1S/C18H26ClN3O4/c1-3-22(11-17(23)24)14-9-13(10-14)21-18(25)20-7-6-12-4-5-15(19)16(8-12)26-2/h4-5,8,13-14H,3,6-7,9-11H2,1-2H3,(H,23,24)(H2,20,21,25). The van der Waals surface area contributed by atoms with Gasteiger partial charge in [-0.1, -0.05) is 24.6 Å². The smallest absolute Gasteiger partial charge is 0.317 e. The van der Waals surface area contributed by atoms with Crippen LogP contribution in [0.1, 0.15) is 25.3 Å². The van der Waals surface area contributed by atoms with Crippen molar-refractivity contribution in [2.45, 2.75) is 38.3 Å². The summed E-state index contributed by atoms with van der Waals surface area (Å²) >= 11 is 5.99. The van der Waals surface area contributed by atoms with Gasteiger partial charge in [-0.2, -0.15) is 0 Å². The van der Waals surface area contributed by atoms with Crippen LogP contribution in [0, 0.1) is 0 Å². The lowest BCUT2D eigenvalue weighted by Crippen LogP contribution is -2.56. The van der Waals surface area contributed by atoms with Crippen molar-refractivity contribution in [2.75, 3.05) is 26.7 Å². The summed E-state index contributed by atoms with van der Waals surface area (Å²) in [6, 6.07) is 5.67. The number of hydrogen-bond donors (Lipinski definition) is 3. The van der Waals surface area contributed by atoms with Gasteiger partial charge < -0.3 is 20.5 Å². The fourth-order valence-corrected chi connectivity index (χ4v) is 3.29. The molecule has 8 heteroatoms. The van der Waals surface area contributed by atoms with Gasteiger partial charge in [0.1, 0.15) is 5.75 Å². The SMILES string of the molecule is CCN(CC(=O)O)C1CC(NC(=O)NCCc2ccc(Cl)c(OC)c2)C1. The largest absolute Gasteiger partial charge is 0.495 e. The van der Waals surface area contributed by atoms with Gasteiger partial charge in [-0.25, -0.2) is 4.79 Å². The lowest BCUT2D eigenvalue weighted by molar-refractivity contribution is -0.139. The van der Waals surface area contributed by atoms with Crippen molar-refractivity contribution in [3.05, 3.63) is 28.8 Å². The molecule has 0 bridgehead atoms. The Balaban J connectivity index is 1.66. The van der Waals surface area contributed by atoms with Gasteiger partial charge in [0.15, 0.2) is 0 Å². The molecule has 0 aliphatic heterocycles. The van der Waals surface area contributed by atoms with Crippen LogP contribution in [-0.4, -0.2) is 60.8 Å². The lowest BCUT2D eigenvalue weighted by Gasteiger charge is -2.42. The molecule has 2 rings (SSSR count). The molecule has 1 aromatic carbocycles. The number of ether oxygens (including phenoxy) is 1. The monoisotopic (exact) mass is 383 g/mol. The maximum Gasteiger partial charge on any atom is 0.317 e. The third-order valence-electron chi connectivity index (χ3n) is 4.62. The number of nitrogens with zero attached hydrogens (tertiary/aromatic N) is 1. The topological polar surface area (TPSA) is 90.9 Å². The van der Waals surface area contributed by atoms with E-state index in [9.17, 15) is 9.59 Å². The third kappa shape index (κ3) is 5.78. The number of carboxylic acids is 1. The summed E-state index contributed by atoms with van der Waals surface area (Å²) in [6.07, 6.45) is 2.24. The molecule has 144 valence electrons. The number of carbonyl (C=O) groups excluding carboxylic acids is 1. The zero-order valence-corrected chi connectivity index (χ0v) is 15.9. The van der Waals surface area contributed by atoms with E-state index >= 15 is 0 Å². The van der Waals surface area contributed by atoms with Crippen LogP contribution in [0.5, 0.6) is 5.75 Å². The summed E-state index contributed by atoms with van der Waals surface area (Å²) in [7, 11) is 1.57. The molecule has 1 fully saturated rings. The molecular weight excluding hydrogens is 358 g/mol. The summed E-state index contributed by atoms with van der Waals surface area (Å²) in [4.78, 5) is 24.7. The van der Waals surface area contributed by atoms with Gasteiger partial charge in [-0.15, -0.1) is 0 Å². The van der Waals surface area contributed by atoms with Crippen molar-refractivity contribution in [2.24, 2.45) is 0 Å². The van der Waals surface area contributed by atoms with Gasteiger partial charge in [0.05, 0.1) is 18.7 Å². The van der Waals surface area contributed by atoms with Crippen molar-refractivity contribution in [1.82, 2.24) is 15.5 Å². The number of aliphatic carboxylic acids is 1. The Morgan fingerprint density at radius 2 is 2.12 bits per heavy atom. The number of nitrogens with one attached hydrogen (secondary N) is 2. The molecule has 1 aliphatic carbocycles. The summed E-state index contributed by atoms with van der Waals surface area (Å²) in [6.45, 7) is 3.19. The highest BCUT2D eigenvalue weighted by Gasteiger charge is 2.34. The third-order valence-corrected chi connectivity index (χ3v) is 4.94. The van der Waals surface area contributed by atoms with E-state index in [1.54, 1.807) is 13.2 Å². The zero-order valence-electron chi connectivity index (χ0n) is 15.1. The van der Waals surface area contributed by atoms with Crippen LogP contribution in [0.2, 0.25) is 5.02 Å². The minimum Gasteiger partial charge on any atom is -0.495 e. The summed E-state index contributed by atoms with van der Waals surface area (Å²) < 4.78 is 5.18. The molecule has 0 unspecified atom stereocenters. The zero-order chi connectivity index (χ0) is 19.1. The Labute approximate surface area is 158 Å². The predicted molar refractivity (Wildman–Crippen MR) is 99.9 cm³/mol. The summed E-state index contributed by atoms with van der Waals surface area (Å²) in [5, 5.41) is 15.2. The highest BCUT2D eigenvalue weighted by atomic mass is 35.5. The molecule has 1 saturated carbocycles. The number of carboxylic acid groups (broad SMARTS) is 1. The van der Waals surface area contributed by atoms with Crippen molar-refractivity contribution in [3.63, 3.8) is 0 Å². The Hall–Kier alpha value is -1.99. The number of amides is 2. The molecular formula is C18H26ClN3O4. The number of hydrogen-bond acceptors (Lipinski definition) is 4. The number of methoxy groups -OCH3 is 1. The molecule has 0 spiro atoms. The van der Waals surface area contributed by atoms with E-state index < -0.39 is 5.97 Å². The molecule has 0 atom stereocenters. The molecule has 2 amide bonds. The van der Waals surface area contributed by atoms with E-state index in [0.717, 1.165) is 18.4 Å². The van der Waals surface area contributed by atoms with Gasteiger partial charge in [-0.3, -0.25) is 9.69 Å². The van der Waals surface area contributed by atoms with Gasteiger partial charge in [-0.05, 0) is 43.5 Å². The van der Waals surface area contributed by atoms with E-state index in [0.29, 0.717) is 30.3 Å². The molecule has 0 saturated heterocycles. The number of halogens is 1. The van der Waals surface area contributed by atoms with Gasteiger partial charge in [0, 0.05) is 18.6 Å². The van der Waals surface area contributed by atoms with Crippen LogP contribution < -0.4 is 15.4 Å². The normalized spacial score (nSPS) is 18.9. The van der Waals surface area contributed by atoms with Gasteiger partial charge in [0.25, 0.3) is 0 Å². The fraction of sp³-hybridized carbons (Fsp3) is 0.556. The molecule has 0 radical (unpaired) electrons. The summed E-state index contributed by atoms with van der Waals surface area (Å²) in [5.74, 6) is -0.198. The Kier molecular flexibility index (Phi) is 7.53. The van der Waals surface area contributed by atoms with Crippen LogP contribution in [0.15, 0.2) is 18.2 Å². The minimum atomic E-state index is -0.820. The molecule has 3 N–H and O–H groups in total. The summed E-state index contributed by atoms with van der Waals surface area (Å²) in [5.41, 5.74) is 1.03. The Morgan fingerprint density at radius 1 is 1.38 bits per heavy atom. The van der Waals surface area contributed by atoms with E-state index in [1.165, 1.54) is 0 Å². The second kappa shape index (κ2) is 9.64. The highest BCUT2D eigenvalue weighted by molar-refractivity contribution is 6.32. The maximum absolute atomic E-state index is 12.0. The lowest BCUT2D eigenvalue weighted by atomic mass is 9.85.